The first-order valence-electron chi connectivity index (χ1n) is 8.43. The molecule has 2 unspecified atom stereocenters. The monoisotopic (exact) mass is 369 g/mol. The first kappa shape index (κ1) is 18.9. The Kier molecular flexibility index (Phi) is 4.45. The Morgan fingerprint density at radius 2 is 1.48 bits per heavy atom. The summed E-state index contributed by atoms with van der Waals surface area (Å²) in [7, 11) is 0. The second-order valence-electron chi connectivity index (χ2n) is 6.98. The summed E-state index contributed by atoms with van der Waals surface area (Å²) in [6.07, 6.45) is -1.05. The van der Waals surface area contributed by atoms with Crippen LogP contribution in [-0.2, 0) is 20.8 Å². The van der Waals surface area contributed by atoms with Crippen molar-refractivity contribution >= 4 is 17.3 Å². The van der Waals surface area contributed by atoms with Crippen LogP contribution in [0.4, 0.5) is 5.69 Å². The van der Waals surface area contributed by atoms with Crippen molar-refractivity contribution in [1.29, 1.82) is 0 Å². The van der Waals surface area contributed by atoms with Gasteiger partial charge in [-0.1, -0.05) is 36.4 Å². The highest BCUT2D eigenvalue weighted by atomic mass is 16.6. The van der Waals surface area contributed by atoms with Gasteiger partial charge in [0.1, 0.15) is 22.8 Å². The van der Waals surface area contributed by atoms with Crippen LogP contribution < -0.4 is 0 Å². The molecule has 2 N–H and O–H groups in total. The smallest absolute Gasteiger partial charge is 0.276 e. The van der Waals surface area contributed by atoms with Crippen LogP contribution in [-0.4, -0.2) is 26.7 Å². The van der Waals surface area contributed by atoms with Gasteiger partial charge in [-0.15, -0.1) is 0 Å². The van der Waals surface area contributed by atoms with Crippen LogP contribution in [0.2, 0.25) is 0 Å². The van der Waals surface area contributed by atoms with Crippen molar-refractivity contribution in [1.82, 2.24) is 0 Å². The molecule has 0 radical (unpaired) electrons. The third-order valence-corrected chi connectivity index (χ3v) is 5.01. The fraction of sp³-hybridized carbons (Fsp3) is 0.300. The molecule has 1 aliphatic carbocycles. The Labute approximate surface area is 155 Å². The molecule has 0 aliphatic heterocycles. The summed E-state index contributed by atoms with van der Waals surface area (Å²) in [5.41, 5.74) is -3.96. The molecule has 2 aromatic carbocycles. The predicted molar refractivity (Wildman–Crippen MR) is 96.9 cm³/mol. The first-order chi connectivity index (χ1) is 12.6. The van der Waals surface area contributed by atoms with Crippen LogP contribution >= 0.6 is 0 Å². The van der Waals surface area contributed by atoms with Crippen molar-refractivity contribution in [3.8, 4) is 11.1 Å². The maximum absolute atomic E-state index is 12.0. The number of rotatable bonds is 5. The molecular weight excluding hydrogens is 350 g/mol. The van der Waals surface area contributed by atoms with E-state index in [1.165, 1.54) is 26.0 Å². The van der Waals surface area contributed by atoms with Gasteiger partial charge in [-0.25, -0.2) is 0 Å². The molecule has 1 aliphatic rings. The highest BCUT2D eigenvalue weighted by molar-refractivity contribution is 5.86. The van der Waals surface area contributed by atoms with E-state index in [1.807, 2.05) is 0 Å². The van der Waals surface area contributed by atoms with E-state index < -0.39 is 46.2 Å². The number of carbonyl (C=O) groups excluding carboxylic acids is 2. The fourth-order valence-corrected chi connectivity index (χ4v) is 4.06. The van der Waals surface area contributed by atoms with E-state index in [1.54, 1.807) is 30.3 Å². The summed E-state index contributed by atoms with van der Waals surface area (Å²) in [5, 5.41) is 34.8. The van der Waals surface area contributed by atoms with Crippen LogP contribution in [0.5, 0.6) is 0 Å². The molecule has 0 heterocycles. The van der Waals surface area contributed by atoms with Gasteiger partial charge < -0.3 is 10.2 Å². The number of hydrogen-bond donors (Lipinski definition) is 2. The molecule has 2 aromatic rings. The number of nitrogens with zero attached hydrogens (tertiary/aromatic N) is 1. The molecular formula is C20H19NO6. The second kappa shape index (κ2) is 6.37. The second-order valence-corrected chi connectivity index (χ2v) is 6.98. The number of aliphatic hydroxyl groups is 2. The van der Waals surface area contributed by atoms with Gasteiger partial charge in [0.2, 0.25) is 0 Å². The highest BCUT2D eigenvalue weighted by Gasteiger charge is 2.59. The number of fused-ring (bicyclic) bond motifs is 3. The number of benzene rings is 2. The Morgan fingerprint density at radius 3 is 2.07 bits per heavy atom. The van der Waals surface area contributed by atoms with Gasteiger partial charge in [0.15, 0.2) is 0 Å². The van der Waals surface area contributed by atoms with Crippen LogP contribution in [0, 0.1) is 10.1 Å². The molecule has 3 rings (SSSR count). The van der Waals surface area contributed by atoms with E-state index in [0.29, 0.717) is 11.1 Å². The number of nitro benzene ring substituents is 1. The van der Waals surface area contributed by atoms with Gasteiger partial charge in [-0.05, 0) is 30.5 Å². The summed E-state index contributed by atoms with van der Waals surface area (Å²) in [6.45, 7) is 2.48. The Hall–Kier alpha value is -2.90. The van der Waals surface area contributed by atoms with E-state index in [-0.39, 0.29) is 11.1 Å². The Bertz CT molecular complexity index is 969. The fourth-order valence-electron chi connectivity index (χ4n) is 4.06. The quantitative estimate of drug-likeness (QED) is 0.618. The minimum Gasteiger partial charge on any atom is -0.381 e. The Morgan fingerprint density at radius 1 is 0.926 bits per heavy atom. The molecule has 0 spiro atoms. The molecule has 27 heavy (non-hydrogen) atoms. The summed E-state index contributed by atoms with van der Waals surface area (Å²) < 4.78 is 0. The van der Waals surface area contributed by atoms with Gasteiger partial charge in [0.25, 0.3) is 5.69 Å². The van der Waals surface area contributed by atoms with E-state index in [9.17, 15) is 29.9 Å². The molecule has 7 nitrogen and oxygen atoms in total. The van der Waals surface area contributed by atoms with Gasteiger partial charge in [-0.3, -0.25) is 19.7 Å². The zero-order valence-electron chi connectivity index (χ0n) is 14.9. The molecule has 0 fully saturated rings. The zero-order valence-corrected chi connectivity index (χ0v) is 14.9. The highest BCUT2D eigenvalue weighted by Crippen LogP contribution is 2.57. The molecule has 140 valence electrons. The lowest BCUT2D eigenvalue weighted by Gasteiger charge is -2.47. The first-order valence-corrected chi connectivity index (χ1v) is 8.43. The third kappa shape index (κ3) is 2.75. The third-order valence-electron chi connectivity index (χ3n) is 5.01. The number of nitro groups is 1. The molecule has 2 atom stereocenters. The molecule has 0 aromatic heterocycles. The van der Waals surface area contributed by atoms with Crippen LogP contribution in [0.3, 0.4) is 0 Å². The summed E-state index contributed by atoms with van der Waals surface area (Å²) in [6, 6.07) is 10.9. The average molecular weight is 369 g/mol. The van der Waals surface area contributed by atoms with Crippen molar-refractivity contribution in [3.63, 3.8) is 0 Å². The van der Waals surface area contributed by atoms with Crippen molar-refractivity contribution in [2.24, 2.45) is 0 Å². The van der Waals surface area contributed by atoms with Crippen molar-refractivity contribution in [2.75, 3.05) is 0 Å². The normalized spacial score (nSPS) is 23.3. The lowest BCUT2D eigenvalue weighted by Crippen LogP contribution is -2.54. The number of ketones is 2. The van der Waals surface area contributed by atoms with E-state index in [0.717, 1.165) is 0 Å². The van der Waals surface area contributed by atoms with Crippen LogP contribution in [0.15, 0.2) is 42.5 Å². The summed E-state index contributed by atoms with van der Waals surface area (Å²) in [4.78, 5) is 34.9. The zero-order chi connectivity index (χ0) is 20.0. The van der Waals surface area contributed by atoms with Gasteiger partial charge in [-0.2, -0.15) is 0 Å². The van der Waals surface area contributed by atoms with Crippen molar-refractivity contribution in [3.05, 3.63) is 63.7 Å². The summed E-state index contributed by atoms with van der Waals surface area (Å²) >= 11 is 0. The minimum absolute atomic E-state index is 0.146. The van der Waals surface area contributed by atoms with Gasteiger partial charge >= 0.3 is 0 Å². The standard InChI is InChI=1S/C20H19NO6/c1-12(22)10-19(24)16-8-4-3-6-14(16)15-7-5-9-17(21(26)27)18(15)20(19,25)11-13(2)23/h3-9,24-25H,10-11H2,1-2H3. The molecule has 0 saturated heterocycles. The average Bonchev–Trinajstić information content (AvgIpc) is 2.58. The largest absolute Gasteiger partial charge is 0.381 e. The maximum atomic E-state index is 12.0. The lowest BCUT2D eigenvalue weighted by atomic mass is 9.61. The van der Waals surface area contributed by atoms with Crippen LogP contribution in [0.1, 0.15) is 37.8 Å². The number of carbonyl (C=O) groups is 2. The minimum atomic E-state index is -2.32. The molecule has 7 heteroatoms. The predicted octanol–water partition coefficient (Wildman–Crippen LogP) is 2.61. The lowest BCUT2D eigenvalue weighted by molar-refractivity contribution is -0.387. The molecule has 0 amide bonds. The summed E-state index contributed by atoms with van der Waals surface area (Å²) in [5.74, 6) is -0.890. The van der Waals surface area contributed by atoms with Crippen molar-refractivity contribution in [2.45, 2.75) is 37.9 Å². The van der Waals surface area contributed by atoms with E-state index in [4.69, 9.17) is 0 Å². The SMILES string of the molecule is CC(=O)CC1(O)c2ccccc2-c2cccc([N+](=O)[O-])c2C1(O)CC(C)=O. The van der Waals surface area contributed by atoms with Gasteiger partial charge in [0, 0.05) is 18.9 Å². The topological polar surface area (TPSA) is 118 Å². The maximum Gasteiger partial charge on any atom is 0.276 e. The van der Waals surface area contributed by atoms with Crippen molar-refractivity contribution < 1.29 is 24.7 Å². The number of hydrogen-bond acceptors (Lipinski definition) is 6. The number of Topliss-reactive ketones (excluding diaryl/α,β-unsaturated/α-hetero) is 2. The van der Waals surface area contributed by atoms with E-state index in [2.05, 4.69) is 0 Å². The van der Waals surface area contributed by atoms with E-state index >= 15 is 0 Å². The molecule has 0 saturated carbocycles. The Balaban J connectivity index is 2.49. The van der Waals surface area contributed by atoms with Crippen LogP contribution in [0.25, 0.3) is 11.1 Å². The van der Waals surface area contributed by atoms with Gasteiger partial charge in [0.05, 0.1) is 10.5 Å². The molecule has 0 bridgehead atoms.